The Kier molecular flexibility index (Phi) is 6.12. The van der Waals surface area contributed by atoms with Gasteiger partial charge >= 0.3 is 0 Å². The number of hydrogen-bond donors (Lipinski definition) is 0. The molecule has 1 atom stereocenters. The van der Waals surface area contributed by atoms with E-state index < -0.39 is 8.07 Å². The zero-order valence-electron chi connectivity index (χ0n) is 18.1. The third kappa shape index (κ3) is 3.78. The molecule has 0 fully saturated rings. The molecule has 144 valence electrons. The van der Waals surface area contributed by atoms with Crippen molar-refractivity contribution in [2.24, 2.45) is 5.92 Å². The Morgan fingerprint density at radius 2 is 1.77 bits per heavy atom. The van der Waals surface area contributed by atoms with Crippen LogP contribution in [0.3, 0.4) is 0 Å². The van der Waals surface area contributed by atoms with E-state index in [1.54, 1.807) is 17.9 Å². The Labute approximate surface area is 161 Å². The van der Waals surface area contributed by atoms with Crippen LogP contribution in [0, 0.1) is 5.92 Å². The van der Waals surface area contributed by atoms with Gasteiger partial charge in [-0.3, -0.25) is 0 Å². The van der Waals surface area contributed by atoms with Crippen LogP contribution in [0.2, 0.25) is 13.1 Å². The Morgan fingerprint density at radius 1 is 1.12 bits per heavy atom. The second kappa shape index (κ2) is 7.64. The van der Waals surface area contributed by atoms with Gasteiger partial charge in [-0.05, 0) is 47.1 Å². The van der Waals surface area contributed by atoms with Gasteiger partial charge in [0.05, 0.1) is 14.2 Å². The summed E-state index contributed by atoms with van der Waals surface area (Å²) in [6.07, 6.45) is 6.94. The maximum absolute atomic E-state index is 6.01. The van der Waals surface area contributed by atoms with Crippen LogP contribution >= 0.6 is 0 Å². The minimum atomic E-state index is -1.90. The third-order valence-electron chi connectivity index (χ3n) is 5.85. The molecule has 26 heavy (non-hydrogen) atoms. The molecule has 0 amide bonds. The second-order valence-electron chi connectivity index (χ2n) is 8.98. The SMILES string of the molecule is CCC(C)C1=C([Si](C)(C)c2cc(OC)cc(C(C)(C)C)c2OC)CC=C1. The van der Waals surface area contributed by atoms with E-state index in [0.717, 1.165) is 17.9 Å². The zero-order chi connectivity index (χ0) is 19.7. The van der Waals surface area contributed by atoms with E-state index >= 15 is 0 Å². The van der Waals surface area contributed by atoms with Crippen molar-refractivity contribution in [3.8, 4) is 11.5 Å². The highest BCUT2D eigenvalue weighted by Gasteiger charge is 2.37. The number of hydrogen-bond acceptors (Lipinski definition) is 2. The van der Waals surface area contributed by atoms with Gasteiger partial charge in [0.2, 0.25) is 0 Å². The number of benzene rings is 1. The molecule has 0 saturated carbocycles. The fourth-order valence-corrected chi connectivity index (χ4v) is 7.26. The molecule has 0 N–H and O–H groups in total. The summed E-state index contributed by atoms with van der Waals surface area (Å²) in [6, 6.07) is 4.36. The van der Waals surface area contributed by atoms with Crippen LogP contribution in [-0.2, 0) is 5.41 Å². The summed E-state index contributed by atoms with van der Waals surface area (Å²) in [7, 11) is 1.67. The van der Waals surface area contributed by atoms with Crippen LogP contribution in [-0.4, -0.2) is 22.3 Å². The molecule has 0 radical (unpaired) electrons. The fraction of sp³-hybridized carbons (Fsp3) is 0.565. The van der Waals surface area contributed by atoms with E-state index in [0.29, 0.717) is 5.92 Å². The predicted molar refractivity (Wildman–Crippen MR) is 116 cm³/mol. The Bertz CT molecular complexity index is 720. The lowest BCUT2D eigenvalue weighted by Crippen LogP contribution is -2.45. The molecule has 1 unspecified atom stereocenters. The Hall–Kier alpha value is -1.48. The standard InChI is InChI=1S/C23H36O2Si/c1-10-16(2)18-12-11-13-20(18)26(8,9)21-15-17(24-6)14-19(22(21)25-7)23(3,4)5/h11-12,14-16H,10,13H2,1-9H3. The Morgan fingerprint density at radius 3 is 2.27 bits per heavy atom. The van der Waals surface area contributed by atoms with Gasteiger partial charge in [-0.1, -0.05) is 65.1 Å². The van der Waals surface area contributed by atoms with Gasteiger partial charge in [-0.25, -0.2) is 0 Å². The van der Waals surface area contributed by atoms with E-state index in [-0.39, 0.29) is 5.41 Å². The van der Waals surface area contributed by atoms with E-state index in [9.17, 15) is 0 Å². The number of methoxy groups -OCH3 is 2. The molecule has 1 aliphatic carbocycles. The van der Waals surface area contributed by atoms with Crippen molar-refractivity contribution in [1.29, 1.82) is 0 Å². The molecular weight excluding hydrogens is 336 g/mol. The summed E-state index contributed by atoms with van der Waals surface area (Å²) in [5, 5.41) is 2.99. The molecule has 0 aromatic heterocycles. The molecule has 2 nitrogen and oxygen atoms in total. The molecule has 0 saturated heterocycles. The summed E-state index contributed by atoms with van der Waals surface area (Å²) in [5.41, 5.74) is 2.78. The monoisotopic (exact) mass is 372 g/mol. The number of allylic oxidation sites excluding steroid dienone is 4. The maximum Gasteiger partial charge on any atom is 0.122 e. The molecule has 0 aliphatic heterocycles. The quantitative estimate of drug-likeness (QED) is 0.591. The van der Waals surface area contributed by atoms with Crippen molar-refractivity contribution in [3.63, 3.8) is 0 Å². The average molecular weight is 373 g/mol. The summed E-state index contributed by atoms with van der Waals surface area (Å²) < 4.78 is 11.7. The summed E-state index contributed by atoms with van der Waals surface area (Å²) in [5.74, 6) is 2.59. The fourth-order valence-electron chi connectivity index (χ4n) is 3.94. The number of rotatable bonds is 6. The largest absolute Gasteiger partial charge is 0.497 e. The lowest BCUT2D eigenvalue weighted by atomic mass is 9.86. The van der Waals surface area contributed by atoms with Gasteiger partial charge in [0.1, 0.15) is 19.6 Å². The van der Waals surface area contributed by atoms with Gasteiger partial charge in [-0.15, -0.1) is 0 Å². The van der Waals surface area contributed by atoms with Gasteiger partial charge in [0.25, 0.3) is 0 Å². The lowest BCUT2D eigenvalue weighted by molar-refractivity contribution is 0.391. The van der Waals surface area contributed by atoms with Crippen LogP contribution in [0.1, 0.15) is 53.0 Å². The molecule has 3 heteroatoms. The van der Waals surface area contributed by atoms with Crippen molar-refractivity contribution in [2.75, 3.05) is 14.2 Å². The van der Waals surface area contributed by atoms with Crippen LogP contribution in [0.25, 0.3) is 0 Å². The first-order chi connectivity index (χ1) is 12.1. The first kappa shape index (κ1) is 20.8. The molecule has 0 bridgehead atoms. The van der Waals surface area contributed by atoms with Gasteiger partial charge in [0, 0.05) is 5.56 Å². The van der Waals surface area contributed by atoms with E-state index in [4.69, 9.17) is 9.47 Å². The summed E-state index contributed by atoms with van der Waals surface area (Å²) in [6.45, 7) is 16.3. The second-order valence-corrected chi connectivity index (χ2v) is 13.4. The predicted octanol–water partition coefficient (Wildman–Crippen LogP) is 5.76. The van der Waals surface area contributed by atoms with Gasteiger partial charge in [-0.2, -0.15) is 0 Å². The van der Waals surface area contributed by atoms with Crippen LogP contribution in [0.15, 0.2) is 35.1 Å². The van der Waals surface area contributed by atoms with Crippen molar-refractivity contribution in [2.45, 2.75) is 66.0 Å². The number of ether oxygens (including phenoxy) is 2. The van der Waals surface area contributed by atoms with Crippen molar-refractivity contribution in [3.05, 3.63) is 40.6 Å². The highest BCUT2D eigenvalue weighted by atomic mass is 28.3. The molecule has 2 rings (SSSR count). The van der Waals surface area contributed by atoms with Crippen molar-refractivity contribution >= 4 is 13.3 Å². The van der Waals surface area contributed by atoms with Gasteiger partial charge < -0.3 is 9.47 Å². The molecular formula is C23H36O2Si. The zero-order valence-corrected chi connectivity index (χ0v) is 19.1. The summed E-state index contributed by atoms with van der Waals surface area (Å²) in [4.78, 5) is 0. The van der Waals surface area contributed by atoms with Crippen molar-refractivity contribution < 1.29 is 9.47 Å². The minimum absolute atomic E-state index is 0.000953. The first-order valence-corrected chi connectivity index (χ1v) is 12.7. The summed E-state index contributed by atoms with van der Waals surface area (Å²) >= 11 is 0. The average Bonchev–Trinajstić information content (AvgIpc) is 3.09. The van der Waals surface area contributed by atoms with Gasteiger partial charge in [0.15, 0.2) is 0 Å². The molecule has 0 spiro atoms. The Balaban J connectivity index is 2.73. The smallest absolute Gasteiger partial charge is 0.122 e. The minimum Gasteiger partial charge on any atom is -0.497 e. The highest BCUT2D eigenvalue weighted by Crippen LogP contribution is 2.39. The lowest BCUT2D eigenvalue weighted by Gasteiger charge is -2.33. The molecule has 0 heterocycles. The molecule has 1 aromatic carbocycles. The van der Waals surface area contributed by atoms with E-state index in [1.165, 1.54) is 17.2 Å². The van der Waals surface area contributed by atoms with Crippen LogP contribution in [0.4, 0.5) is 0 Å². The molecule has 1 aliphatic rings. The highest BCUT2D eigenvalue weighted by molar-refractivity contribution is 6.96. The van der Waals surface area contributed by atoms with Crippen LogP contribution in [0.5, 0.6) is 11.5 Å². The van der Waals surface area contributed by atoms with E-state index in [1.807, 2.05) is 7.11 Å². The maximum atomic E-state index is 6.01. The first-order valence-electron chi connectivity index (χ1n) is 9.74. The normalized spacial score (nSPS) is 16.2. The van der Waals surface area contributed by atoms with Crippen molar-refractivity contribution in [1.82, 2.24) is 0 Å². The van der Waals surface area contributed by atoms with Crippen LogP contribution < -0.4 is 14.7 Å². The van der Waals surface area contributed by atoms with E-state index in [2.05, 4.69) is 72.0 Å². The third-order valence-corrected chi connectivity index (χ3v) is 9.57. The topological polar surface area (TPSA) is 18.5 Å². The molecule has 1 aromatic rings.